The van der Waals surface area contributed by atoms with Crippen molar-refractivity contribution in [2.45, 2.75) is 26.2 Å². The van der Waals surface area contributed by atoms with Gasteiger partial charge in [0.2, 0.25) is 0 Å². The number of hydrogen-bond acceptors (Lipinski definition) is 3. The van der Waals surface area contributed by atoms with Crippen molar-refractivity contribution in [2.75, 3.05) is 26.2 Å². The van der Waals surface area contributed by atoms with Crippen LogP contribution in [0.15, 0.2) is 24.3 Å². The van der Waals surface area contributed by atoms with Gasteiger partial charge in [-0.3, -0.25) is 9.69 Å². The molecule has 0 bridgehead atoms. The topological polar surface area (TPSA) is 46.3 Å². The number of rotatable bonds is 5. The van der Waals surface area contributed by atoms with E-state index in [1.54, 1.807) is 0 Å². The van der Waals surface area contributed by atoms with Crippen molar-refractivity contribution in [3.05, 3.63) is 35.4 Å². The van der Waals surface area contributed by atoms with E-state index in [2.05, 4.69) is 30.9 Å². The normalized spacial score (nSPS) is 20.1. The molecule has 1 heterocycles. The third-order valence-corrected chi connectivity index (χ3v) is 3.97. The molecule has 0 radical (unpaired) electrons. The van der Waals surface area contributed by atoms with Gasteiger partial charge in [-0.15, -0.1) is 0 Å². The molecule has 1 aliphatic rings. The number of likely N-dealkylation sites (tertiary alicyclic amines) is 1. The molecular formula is C16H24N2O. The Bertz CT molecular complexity index is 425. The van der Waals surface area contributed by atoms with E-state index in [1.165, 1.54) is 5.56 Å². The Labute approximate surface area is 115 Å². The van der Waals surface area contributed by atoms with Gasteiger partial charge in [-0.25, -0.2) is 0 Å². The van der Waals surface area contributed by atoms with Crippen molar-refractivity contribution >= 4 is 5.78 Å². The molecule has 0 saturated carbocycles. The number of nitrogens with zero attached hydrogens (tertiary/aromatic N) is 1. The molecule has 1 aliphatic heterocycles. The van der Waals surface area contributed by atoms with Gasteiger partial charge in [-0.1, -0.05) is 38.1 Å². The van der Waals surface area contributed by atoms with E-state index >= 15 is 0 Å². The van der Waals surface area contributed by atoms with Gasteiger partial charge in [0.25, 0.3) is 0 Å². The van der Waals surface area contributed by atoms with Gasteiger partial charge in [0.1, 0.15) is 0 Å². The first-order valence-electron chi connectivity index (χ1n) is 7.15. The summed E-state index contributed by atoms with van der Waals surface area (Å²) >= 11 is 0. The molecule has 104 valence electrons. The van der Waals surface area contributed by atoms with E-state index in [9.17, 15) is 4.79 Å². The van der Waals surface area contributed by atoms with E-state index in [4.69, 9.17) is 5.73 Å². The van der Waals surface area contributed by atoms with Gasteiger partial charge in [-0.05, 0) is 36.9 Å². The molecule has 2 rings (SSSR count). The summed E-state index contributed by atoms with van der Waals surface area (Å²) in [5.41, 5.74) is 7.77. The van der Waals surface area contributed by atoms with Crippen LogP contribution < -0.4 is 5.73 Å². The molecule has 0 amide bonds. The van der Waals surface area contributed by atoms with Crippen LogP contribution in [0.5, 0.6) is 0 Å². The minimum absolute atomic E-state index is 0.216. The Morgan fingerprint density at radius 2 is 2.05 bits per heavy atom. The highest BCUT2D eigenvalue weighted by Gasteiger charge is 2.23. The zero-order chi connectivity index (χ0) is 13.8. The molecule has 0 aromatic heterocycles. The van der Waals surface area contributed by atoms with E-state index in [0.717, 1.165) is 31.6 Å². The number of ketones is 1. The molecule has 1 aromatic rings. The molecule has 1 saturated heterocycles. The second-order valence-electron chi connectivity index (χ2n) is 5.83. The van der Waals surface area contributed by atoms with Crippen LogP contribution in [0.3, 0.4) is 0 Å². The van der Waals surface area contributed by atoms with E-state index in [0.29, 0.717) is 18.4 Å². The number of Topliss-reactive ketones (excluding diaryl/α,β-unsaturated/α-hetero) is 1. The number of carbonyl (C=O) groups excluding carboxylic acids is 1. The van der Waals surface area contributed by atoms with Crippen LogP contribution in [0, 0.1) is 5.92 Å². The summed E-state index contributed by atoms with van der Waals surface area (Å²) in [5.74, 6) is 1.29. The Hall–Kier alpha value is -1.19. The Morgan fingerprint density at radius 3 is 2.58 bits per heavy atom. The fourth-order valence-electron chi connectivity index (χ4n) is 2.60. The molecule has 0 spiro atoms. The number of benzene rings is 1. The number of hydrogen-bond donors (Lipinski definition) is 1. The first-order valence-corrected chi connectivity index (χ1v) is 7.15. The number of nitrogens with two attached hydrogens (primary N) is 1. The van der Waals surface area contributed by atoms with Crippen LogP contribution in [-0.4, -0.2) is 36.9 Å². The van der Waals surface area contributed by atoms with Gasteiger partial charge in [-0.2, -0.15) is 0 Å². The van der Waals surface area contributed by atoms with Crippen LogP contribution in [0.1, 0.15) is 42.1 Å². The Balaban J connectivity index is 1.93. The van der Waals surface area contributed by atoms with Gasteiger partial charge in [0.05, 0.1) is 6.54 Å². The molecule has 19 heavy (non-hydrogen) atoms. The zero-order valence-corrected chi connectivity index (χ0v) is 11.9. The van der Waals surface area contributed by atoms with Crippen molar-refractivity contribution in [1.82, 2.24) is 4.90 Å². The molecule has 1 aromatic carbocycles. The van der Waals surface area contributed by atoms with Crippen molar-refractivity contribution in [1.29, 1.82) is 0 Å². The van der Waals surface area contributed by atoms with Crippen LogP contribution >= 0.6 is 0 Å². The Morgan fingerprint density at radius 1 is 1.37 bits per heavy atom. The minimum Gasteiger partial charge on any atom is -0.330 e. The molecule has 1 unspecified atom stereocenters. The number of carbonyl (C=O) groups is 1. The minimum atomic E-state index is 0.216. The largest absolute Gasteiger partial charge is 0.330 e. The smallest absolute Gasteiger partial charge is 0.176 e. The summed E-state index contributed by atoms with van der Waals surface area (Å²) in [6.07, 6.45) is 1.12. The summed E-state index contributed by atoms with van der Waals surface area (Å²) in [6, 6.07) is 8.03. The van der Waals surface area contributed by atoms with E-state index in [1.807, 2.05) is 12.1 Å². The van der Waals surface area contributed by atoms with E-state index < -0.39 is 0 Å². The first kappa shape index (κ1) is 14.2. The lowest BCUT2D eigenvalue weighted by Crippen LogP contribution is -2.29. The van der Waals surface area contributed by atoms with Crippen LogP contribution in [0.4, 0.5) is 0 Å². The molecule has 2 N–H and O–H groups in total. The summed E-state index contributed by atoms with van der Waals surface area (Å²) < 4.78 is 0. The van der Waals surface area contributed by atoms with Crippen molar-refractivity contribution in [3.63, 3.8) is 0 Å². The quantitative estimate of drug-likeness (QED) is 0.826. The van der Waals surface area contributed by atoms with Gasteiger partial charge in [0, 0.05) is 12.1 Å². The summed E-state index contributed by atoms with van der Waals surface area (Å²) in [6.45, 7) is 7.54. The highest BCUT2D eigenvalue weighted by atomic mass is 16.1. The molecule has 1 atom stereocenters. The molecule has 1 fully saturated rings. The SMILES string of the molecule is CC(C)c1ccc(C(=O)CN2CCC(CN)C2)cc1. The lowest BCUT2D eigenvalue weighted by molar-refractivity contribution is 0.0943. The average Bonchev–Trinajstić information content (AvgIpc) is 2.86. The zero-order valence-electron chi connectivity index (χ0n) is 11.9. The Kier molecular flexibility index (Phi) is 4.72. The maximum absolute atomic E-state index is 12.2. The second-order valence-corrected chi connectivity index (χ2v) is 5.83. The lowest BCUT2D eigenvalue weighted by Gasteiger charge is -2.15. The third kappa shape index (κ3) is 3.64. The van der Waals surface area contributed by atoms with Crippen molar-refractivity contribution in [3.8, 4) is 0 Å². The predicted molar refractivity (Wildman–Crippen MR) is 78.5 cm³/mol. The maximum atomic E-state index is 12.2. The van der Waals surface area contributed by atoms with Gasteiger partial charge < -0.3 is 5.73 Å². The monoisotopic (exact) mass is 260 g/mol. The van der Waals surface area contributed by atoms with Gasteiger partial charge in [0.15, 0.2) is 5.78 Å². The highest BCUT2D eigenvalue weighted by Crippen LogP contribution is 2.17. The highest BCUT2D eigenvalue weighted by molar-refractivity contribution is 5.97. The summed E-state index contributed by atoms with van der Waals surface area (Å²) in [7, 11) is 0. The first-order chi connectivity index (χ1) is 9.10. The molecule has 0 aliphatic carbocycles. The summed E-state index contributed by atoms with van der Waals surface area (Å²) in [4.78, 5) is 14.4. The van der Waals surface area contributed by atoms with E-state index in [-0.39, 0.29) is 5.78 Å². The van der Waals surface area contributed by atoms with Crippen molar-refractivity contribution in [2.24, 2.45) is 11.7 Å². The standard InChI is InChI=1S/C16H24N2O/c1-12(2)14-3-5-15(6-4-14)16(19)11-18-8-7-13(9-17)10-18/h3-6,12-13H,7-11,17H2,1-2H3. The van der Waals surface area contributed by atoms with Crippen LogP contribution in [-0.2, 0) is 0 Å². The fourth-order valence-corrected chi connectivity index (χ4v) is 2.60. The fraction of sp³-hybridized carbons (Fsp3) is 0.562. The molecule has 3 heteroatoms. The van der Waals surface area contributed by atoms with Crippen molar-refractivity contribution < 1.29 is 4.79 Å². The lowest BCUT2D eigenvalue weighted by atomic mass is 10.0. The van der Waals surface area contributed by atoms with Crippen LogP contribution in [0.25, 0.3) is 0 Å². The average molecular weight is 260 g/mol. The maximum Gasteiger partial charge on any atom is 0.176 e. The molecule has 3 nitrogen and oxygen atoms in total. The summed E-state index contributed by atoms with van der Waals surface area (Å²) in [5, 5.41) is 0. The molecular weight excluding hydrogens is 236 g/mol. The second kappa shape index (κ2) is 6.31. The van der Waals surface area contributed by atoms with Crippen LogP contribution in [0.2, 0.25) is 0 Å². The third-order valence-electron chi connectivity index (χ3n) is 3.97. The predicted octanol–water partition coefficient (Wildman–Crippen LogP) is 2.27. The van der Waals surface area contributed by atoms with Gasteiger partial charge >= 0.3 is 0 Å².